The summed E-state index contributed by atoms with van der Waals surface area (Å²) >= 11 is 0. The molecule has 0 spiro atoms. The van der Waals surface area contributed by atoms with Gasteiger partial charge in [0.25, 0.3) is 0 Å². The molecule has 0 aliphatic carbocycles. The highest BCUT2D eigenvalue weighted by atomic mass is 16.5. The number of rotatable bonds is 4. The zero-order valence-corrected chi connectivity index (χ0v) is 7.56. The van der Waals surface area contributed by atoms with Crippen LogP contribution in [0.2, 0.25) is 0 Å². The predicted molar refractivity (Wildman–Crippen MR) is 50.5 cm³/mol. The molecule has 0 saturated carbocycles. The molecule has 0 fully saturated rings. The second kappa shape index (κ2) is 4.87. The van der Waals surface area contributed by atoms with Crippen LogP contribution in [0.3, 0.4) is 0 Å². The summed E-state index contributed by atoms with van der Waals surface area (Å²) in [5.41, 5.74) is 5.47. The summed E-state index contributed by atoms with van der Waals surface area (Å²) in [4.78, 5) is 10.4. The van der Waals surface area contributed by atoms with Crippen molar-refractivity contribution in [1.29, 1.82) is 5.26 Å². The van der Waals surface area contributed by atoms with Crippen LogP contribution in [0.15, 0.2) is 24.3 Å². The van der Waals surface area contributed by atoms with E-state index in [0.717, 1.165) is 0 Å². The fraction of sp³-hybridized carbons (Fsp3) is 0.200. The van der Waals surface area contributed by atoms with Gasteiger partial charge in [0.05, 0.1) is 24.7 Å². The van der Waals surface area contributed by atoms with Crippen molar-refractivity contribution in [2.75, 3.05) is 6.61 Å². The van der Waals surface area contributed by atoms with Gasteiger partial charge in [0.15, 0.2) is 0 Å². The third kappa shape index (κ3) is 3.15. The molecule has 2 N–H and O–H groups in total. The average Bonchev–Trinajstić information content (AvgIpc) is 2.18. The number of ether oxygens (including phenoxy) is 1. The highest BCUT2D eigenvalue weighted by molar-refractivity contribution is 5.73. The van der Waals surface area contributed by atoms with Gasteiger partial charge in [-0.15, -0.1) is 0 Å². The van der Waals surface area contributed by atoms with E-state index >= 15 is 0 Å². The minimum absolute atomic E-state index is 0.177. The fourth-order valence-electron chi connectivity index (χ4n) is 0.925. The van der Waals surface area contributed by atoms with Crippen molar-refractivity contribution >= 4 is 5.91 Å². The van der Waals surface area contributed by atoms with E-state index in [2.05, 4.69) is 0 Å². The lowest BCUT2D eigenvalue weighted by Gasteiger charge is -2.03. The van der Waals surface area contributed by atoms with E-state index in [1.165, 1.54) is 0 Å². The van der Waals surface area contributed by atoms with Gasteiger partial charge in [-0.1, -0.05) is 6.07 Å². The number of hydrogen-bond donors (Lipinski definition) is 1. The van der Waals surface area contributed by atoms with E-state index in [-0.39, 0.29) is 13.0 Å². The van der Waals surface area contributed by atoms with Crippen LogP contribution in [0.4, 0.5) is 0 Å². The molecule has 0 unspecified atom stereocenters. The molecular weight excluding hydrogens is 180 g/mol. The first-order valence-corrected chi connectivity index (χ1v) is 4.13. The molecule has 4 nitrogen and oxygen atoms in total. The molecular formula is C10H10N2O2. The third-order valence-corrected chi connectivity index (χ3v) is 1.58. The van der Waals surface area contributed by atoms with Crippen molar-refractivity contribution in [3.8, 4) is 11.8 Å². The van der Waals surface area contributed by atoms with Crippen LogP contribution in [0, 0.1) is 11.3 Å². The molecule has 14 heavy (non-hydrogen) atoms. The number of benzene rings is 1. The number of nitrogens with two attached hydrogens (primary N) is 1. The minimum Gasteiger partial charge on any atom is -0.493 e. The molecule has 0 heterocycles. The van der Waals surface area contributed by atoms with Crippen LogP contribution in [0.25, 0.3) is 0 Å². The lowest BCUT2D eigenvalue weighted by Crippen LogP contribution is -2.14. The number of nitriles is 1. The van der Waals surface area contributed by atoms with Crippen LogP contribution in [-0.2, 0) is 4.79 Å². The van der Waals surface area contributed by atoms with Gasteiger partial charge < -0.3 is 10.5 Å². The van der Waals surface area contributed by atoms with Crippen LogP contribution in [-0.4, -0.2) is 12.5 Å². The second-order valence-corrected chi connectivity index (χ2v) is 2.70. The molecule has 4 heteroatoms. The highest BCUT2D eigenvalue weighted by Gasteiger charge is 1.97. The van der Waals surface area contributed by atoms with Crippen molar-refractivity contribution in [2.45, 2.75) is 6.42 Å². The second-order valence-electron chi connectivity index (χ2n) is 2.70. The van der Waals surface area contributed by atoms with Crippen molar-refractivity contribution in [3.05, 3.63) is 29.8 Å². The number of primary amides is 1. The summed E-state index contributed by atoms with van der Waals surface area (Å²) in [6, 6.07) is 8.73. The molecule has 1 aromatic carbocycles. The molecule has 0 atom stereocenters. The summed E-state index contributed by atoms with van der Waals surface area (Å²) in [6.07, 6.45) is 0.177. The van der Waals surface area contributed by atoms with Gasteiger partial charge >= 0.3 is 0 Å². The maximum Gasteiger partial charge on any atom is 0.220 e. The zero-order valence-electron chi connectivity index (χ0n) is 7.56. The van der Waals surface area contributed by atoms with Gasteiger partial charge in [-0.25, -0.2) is 0 Å². The van der Waals surface area contributed by atoms with Crippen LogP contribution < -0.4 is 10.5 Å². The Balaban J connectivity index is 2.51. The summed E-state index contributed by atoms with van der Waals surface area (Å²) in [5.74, 6) is 0.173. The SMILES string of the molecule is N#Cc1cccc(OCCC(N)=O)c1. The zero-order chi connectivity index (χ0) is 10.4. The normalized spacial score (nSPS) is 9.07. The van der Waals surface area contributed by atoms with Crippen LogP contribution in [0.1, 0.15) is 12.0 Å². The van der Waals surface area contributed by atoms with E-state index < -0.39 is 5.91 Å². The number of hydrogen-bond acceptors (Lipinski definition) is 3. The largest absolute Gasteiger partial charge is 0.493 e. The van der Waals surface area contributed by atoms with Gasteiger partial charge in [-0.05, 0) is 18.2 Å². The van der Waals surface area contributed by atoms with Gasteiger partial charge in [0.2, 0.25) is 5.91 Å². The molecule has 0 aliphatic heterocycles. The molecule has 1 amide bonds. The van der Waals surface area contributed by atoms with E-state index in [1.54, 1.807) is 24.3 Å². The summed E-state index contributed by atoms with van der Waals surface area (Å²) in [5, 5.41) is 8.60. The van der Waals surface area contributed by atoms with Gasteiger partial charge in [-0.2, -0.15) is 5.26 Å². The Bertz CT molecular complexity index is 369. The fourth-order valence-corrected chi connectivity index (χ4v) is 0.925. The smallest absolute Gasteiger partial charge is 0.220 e. The molecule has 72 valence electrons. The topological polar surface area (TPSA) is 76.1 Å². The summed E-state index contributed by atoms with van der Waals surface area (Å²) < 4.78 is 5.21. The van der Waals surface area contributed by atoms with Crippen LogP contribution in [0.5, 0.6) is 5.75 Å². The lowest BCUT2D eigenvalue weighted by molar-refractivity contribution is -0.118. The first-order valence-electron chi connectivity index (χ1n) is 4.13. The quantitative estimate of drug-likeness (QED) is 0.763. The first kappa shape index (κ1) is 10.1. The van der Waals surface area contributed by atoms with Gasteiger partial charge in [0, 0.05) is 0 Å². The predicted octanol–water partition coefficient (Wildman–Crippen LogP) is 0.812. The Kier molecular flexibility index (Phi) is 3.50. The maximum atomic E-state index is 10.4. The number of nitrogens with zero attached hydrogens (tertiary/aromatic N) is 1. The van der Waals surface area contributed by atoms with Crippen LogP contribution >= 0.6 is 0 Å². The van der Waals surface area contributed by atoms with Crippen molar-refractivity contribution in [2.24, 2.45) is 5.73 Å². The van der Waals surface area contributed by atoms with Gasteiger partial charge in [0.1, 0.15) is 5.75 Å². The van der Waals surface area contributed by atoms with E-state index in [1.807, 2.05) is 6.07 Å². The summed E-state index contributed by atoms with van der Waals surface area (Å²) in [6.45, 7) is 0.240. The number of carbonyl (C=O) groups is 1. The van der Waals surface area contributed by atoms with E-state index in [0.29, 0.717) is 11.3 Å². The Labute approximate surface area is 81.9 Å². The monoisotopic (exact) mass is 190 g/mol. The van der Waals surface area contributed by atoms with Crippen molar-refractivity contribution < 1.29 is 9.53 Å². The lowest BCUT2D eigenvalue weighted by atomic mass is 10.2. The minimum atomic E-state index is -0.401. The van der Waals surface area contributed by atoms with Crippen molar-refractivity contribution in [1.82, 2.24) is 0 Å². The van der Waals surface area contributed by atoms with E-state index in [4.69, 9.17) is 15.7 Å². The summed E-state index contributed by atoms with van der Waals surface area (Å²) in [7, 11) is 0. The highest BCUT2D eigenvalue weighted by Crippen LogP contribution is 2.12. The maximum absolute atomic E-state index is 10.4. The third-order valence-electron chi connectivity index (χ3n) is 1.58. The molecule has 0 bridgehead atoms. The number of carbonyl (C=O) groups excluding carboxylic acids is 1. The molecule has 0 aliphatic rings. The molecule has 0 saturated heterocycles. The molecule has 0 radical (unpaired) electrons. The average molecular weight is 190 g/mol. The first-order chi connectivity index (χ1) is 6.72. The number of amides is 1. The van der Waals surface area contributed by atoms with E-state index in [9.17, 15) is 4.79 Å². The van der Waals surface area contributed by atoms with Gasteiger partial charge in [-0.3, -0.25) is 4.79 Å². The molecule has 1 rings (SSSR count). The Hall–Kier alpha value is -2.02. The van der Waals surface area contributed by atoms with Crippen molar-refractivity contribution in [3.63, 3.8) is 0 Å². The Morgan fingerprint density at radius 1 is 1.57 bits per heavy atom. The Morgan fingerprint density at radius 3 is 3.00 bits per heavy atom. The Morgan fingerprint density at radius 2 is 2.36 bits per heavy atom. The molecule has 0 aromatic heterocycles. The standard InChI is InChI=1S/C10H10N2O2/c11-7-8-2-1-3-9(6-8)14-5-4-10(12)13/h1-3,6H,4-5H2,(H2,12,13). The molecule has 1 aromatic rings.